The Morgan fingerprint density at radius 2 is 2.00 bits per heavy atom. The monoisotopic (exact) mass is 283 g/mol. The minimum absolute atomic E-state index is 0.483. The van der Waals surface area contributed by atoms with E-state index in [4.69, 9.17) is 4.98 Å². The van der Waals surface area contributed by atoms with Gasteiger partial charge in [0.1, 0.15) is 11.9 Å². The molecule has 3 nitrogen and oxygen atoms in total. The minimum atomic E-state index is 0.483. The molecule has 1 fully saturated rings. The van der Waals surface area contributed by atoms with Crippen LogP contribution in [0.2, 0.25) is 0 Å². The van der Waals surface area contributed by atoms with E-state index in [1.807, 2.05) is 0 Å². The molecule has 2 aliphatic rings. The van der Waals surface area contributed by atoms with E-state index in [-0.39, 0.29) is 0 Å². The molecule has 3 rings (SSSR count). The van der Waals surface area contributed by atoms with Crippen molar-refractivity contribution in [3.63, 3.8) is 0 Å². The molecule has 1 aromatic heterocycles. The highest BCUT2D eigenvalue weighted by Gasteiger charge is 2.20. The zero-order valence-corrected chi connectivity index (χ0v) is 13.0. The summed E-state index contributed by atoms with van der Waals surface area (Å²) in [4.78, 5) is 4.79. The highest BCUT2D eigenvalue weighted by atomic mass is 15.0. The van der Waals surface area contributed by atoms with E-state index in [1.54, 1.807) is 0 Å². The summed E-state index contributed by atoms with van der Waals surface area (Å²) in [6.07, 6.45) is 10.9. The Kier molecular flexibility index (Phi) is 4.43. The zero-order chi connectivity index (χ0) is 14.7. The molecule has 2 unspecified atom stereocenters. The molecule has 21 heavy (non-hydrogen) atoms. The fourth-order valence-corrected chi connectivity index (χ4v) is 3.65. The van der Waals surface area contributed by atoms with E-state index in [0.29, 0.717) is 6.04 Å². The lowest BCUT2D eigenvalue weighted by molar-refractivity contribution is 0.501. The summed E-state index contributed by atoms with van der Waals surface area (Å²) < 4.78 is 0. The van der Waals surface area contributed by atoms with Crippen LogP contribution in [0.15, 0.2) is 6.07 Å². The van der Waals surface area contributed by atoms with Crippen molar-refractivity contribution in [2.24, 2.45) is 5.92 Å². The van der Waals surface area contributed by atoms with Crippen molar-refractivity contribution in [2.75, 3.05) is 5.32 Å². The quantitative estimate of drug-likeness (QED) is 0.827. The van der Waals surface area contributed by atoms with Crippen LogP contribution >= 0.6 is 0 Å². The summed E-state index contributed by atoms with van der Waals surface area (Å²) in [5.41, 5.74) is 3.23. The third kappa shape index (κ3) is 3.37. The van der Waals surface area contributed by atoms with Crippen LogP contribution in [0, 0.1) is 17.2 Å². The molecule has 2 atom stereocenters. The largest absolute Gasteiger partial charge is 0.366 e. The average molecular weight is 283 g/mol. The average Bonchev–Trinajstić information content (AvgIpc) is 2.71. The van der Waals surface area contributed by atoms with Gasteiger partial charge in [-0.05, 0) is 62.5 Å². The standard InChI is InChI=1S/C18H25N3/c1-13-5-4-7-16(10-9-13)20-18-15(12-19)11-14-6-2-3-8-17(14)21-18/h11,13,16H,2-10H2,1H3,(H,20,21). The van der Waals surface area contributed by atoms with Crippen molar-refractivity contribution < 1.29 is 0 Å². The molecule has 2 aliphatic carbocycles. The number of rotatable bonds is 2. The Labute approximate surface area is 127 Å². The molecule has 0 amide bonds. The van der Waals surface area contributed by atoms with E-state index < -0.39 is 0 Å². The minimum Gasteiger partial charge on any atom is -0.366 e. The number of hydrogen-bond donors (Lipinski definition) is 1. The first-order valence-electron chi connectivity index (χ1n) is 8.45. The lowest BCUT2D eigenvalue weighted by Crippen LogP contribution is -2.21. The van der Waals surface area contributed by atoms with Gasteiger partial charge in [-0.15, -0.1) is 0 Å². The van der Waals surface area contributed by atoms with Crippen LogP contribution in [0.4, 0.5) is 5.82 Å². The fraction of sp³-hybridized carbons (Fsp3) is 0.667. The maximum absolute atomic E-state index is 9.42. The van der Waals surface area contributed by atoms with Crippen LogP contribution in [0.5, 0.6) is 0 Å². The van der Waals surface area contributed by atoms with Gasteiger partial charge in [-0.2, -0.15) is 5.26 Å². The van der Waals surface area contributed by atoms with Gasteiger partial charge in [-0.1, -0.05) is 19.8 Å². The Morgan fingerprint density at radius 3 is 2.86 bits per heavy atom. The van der Waals surface area contributed by atoms with Crippen LogP contribution in [-0.2, 0) is 12.8 Å². The first-order chi connectivity index (χ1) is 10.3. The number of aryl methyl sites for hydroxylation is 2. The number of pyridine rings is 1. The third-order valence-electron chi connectivity index (χ3n) is 5.02. The van der Waals surface area contributed by atoms with E-state index in [9.17, 15) is 5.26 Å². The molecule has 0 aliphatic heterocycles. The molecule has 3 heteroatoms. The van der Waals surface area contributed by atoms with Gasteiger partial charge in [-0.25, -0.2) is 4.98 Å². The van der Waals surface area contributed by atoms with Crippen LogP contribution in [0.3, 0.4) is 0 Å². The van der Waals surface area contributed by atoms with E-state index in [1.165, 1.54) is 56.2 Å². The van der Waals surface area contributed by atoms with Gasteiger partial charge < -0.3 is 5.32 Å². The van der Waals surface area contributed by atoms with Crippen LogP contribution < -0.4 is 5.32 Å². The summed E-state index contributed by atoms with van der Waals surface area (Å²) >= 11 is 0. The van der Waals surface area contributed by atoms with Crippen molar-refractivity contribution >= 4 is 5.82 Å². The van der Waals surface area contributed by atoms with Crippen LogP contribution in [-0.4, -0.2) is 11.0 Å². The Balaban J connectivity index is 1.79. The Morgan fingerprint density at radius 1 is 1.14 bits per heavy atom. The van der Waals surface area contributed by atoms with Gasteiger partial charge in [0.2, 0.25) is 0 Å². The van der Waals surface area contributed by atoms with E-state index >= 15 is 0 Å². The number of anilines is 1. The lowest BCUT2D eigenvalue weighted by Gasteiger charge is -2.21. The highest BCUT2D eigenvalue weighted by molar-refractivity contribution is 5.55. The lowest BCUT2D eigenvalue weighted by atomic mass is 9.95. The maximum atomic E-state index is 9.42. The van der Waals surface area contributed by atoms with Gasteiger partial charge in [0.05, 0.1) is 5.56 Å². The fourth-order valence-electron chi connectivity index (χ4n) is 3.65. The molecule has 0 bridgehead atoms. The second kappa shape index (κ2) is 6.47. The molecular formula is C18H25N3. The predicted molar refractivity (Wildman–Crippen MR) is 85.3 cm³/mol. The van der Waals surface area contributed by atoms with Crippen molar-refractivity contribution in [1.29, 1.82) is 5.26 Å². The second-order valence-electron chi connectivity index (χ2n) is 6.76. The van der Waals surface area contributed by atoms with Gasteiger partial charge in [0.25, 0.3) is 0 Å². The molecule has 0 aromatic carbocycles. The van der Waals surface area contributed by atoms with Crippen LogP contribution in [0.1, 0.15) is 68.7 Å². The molecule has 1 aromatic rings. The van der Waals surface area contributed by atoms with Gasteiger partial charge >= 0.3 is 0 Å². The smallest absolute Gasteiger partial charge is 0.144 e. The summed E-state index contributed by atoms with van der Waals surface area (Å²) in [6.45, 7) is 2.35. The number of aromatic nitrogens is 1. The number of nitrogens with zero attached hydrogens (tertiary/aromatic N) is 2. The van der Waals surface area contributed by atoms with Crippen molar-refractivity contribution in [3.05, 3.63) is 22.9 Å². The third-order valence-corrected chi connectivity index (χ3v) is 5.02. The first kappa shape index (κ1) is 14.4. The molecule has 112 valence electrons. The highest BCUT2D eigenvalue weighted by Crippen LogP contribution is 2.28. The van der Waals surface area contributed by atoms with Crippen molar-refractivity contribution in [3.8, 4) is 6.07 Å². The zero-order valence-electron chi connectivity index (χ0n) is 13.0. The number of nitrogens with one attached hydrogen (secondary N) is 1. The van der Waals surface area contributed by atoms with E-state index in [2.05, 4.69) is 24.4 Å². The Bertz CT molecular complexity index is 544. The summed E-state index contributed by atoms with van der Waals surface area (Å²) in [5, 5.41) is 13.0. The second-order valence-corrected chi connectivity index (χ2v) is 6.76. The van der Waals surface area contributed by atoms with Gasteiger partial charge in [0.15, 0.2) is 0 Å². The molecule has 0 radical (unpaired) electrons. The predicted octanol–water partition coefficient (Wildman–Crippen LogP) is 4.21. The van der Waals surface area contributed by atoms with E-state index in [0.717, 1.165) is 30.1 Å². The molecule has 1 saturated carbocycles. The summed E-state index contributed by atoms with van der Waals surface area (Å²) in [7, 11) is 0. The number of nitriles is 1. The van der Waals surface area contributed by atoms with Gasteiger partial charge in [-0.3, -0.25) is 0 Å². The summed E-state index contributed by atoms with van der Waals surface area (Å²) in [5.74, 6) is 1.67. The van der Waals surface area contributed by atoms with Gasteiger partial charge in [0, 0.05) is 11.7 Å². The molecule has 0 spiro atoms. The normalized spacial score (nSPS) is 25.5. The summed E-state index contributed by atoms with van der Waals surface area (Å²) in [6, 6.07) is 4.89. The molecule has 1 heterocycles. The van der Waals surface area contributed by atoms with Crippen molar-refractivity contribution in [2.45, 2.75) is 70.8 Å². The first-order valence-corrected chi connectivity index (χ1v) is 8.45. The maximum Gasteiger partial charge on any atom is 0.144 e. The van der Waals surface area contributed by atoms with Crippen molar-refractivity contribution in [1.82, 2.24) is 4.98 Å². The molecule has 1 N–H and O–H groups in total. The topological polar surface area (TPSA) is 48.7 Å². The molecule has 0 saturated heterocycles. The van der Waals surface area contributed by atoms with Crippen LogP contribution in [0.25, 0.3) is 0 Å². The number of fused-ring (bicyclic) bond motifs is 1. The SMILES string of the molecule is CC1CCCC(Nc2nc3c(cc2C#N)CCCC3)CC1. The molecular weight excluding hydrogens is 258 g/mol. The Hall–Kier alpha value is -1.56. The number of hydrogen-bond acceptors (Lipinski definition) is 3.